The van der Waals surface area contributed by atoms with Gasteiger partial charge < -0.3 is 21.1 Å². The van der Waals surface area contributed by atoms with Gasteiger partial charge in [0.15, 0.2) is 17.6 Å². The summed E-state index contributed by atoms with van der Waals surface area (Å²) in [5.74, 6) is 2.52. The van der Waals surface area contributed by atoms with E-state index >= 15 is 4.39 Å². The van der Waals surface area contributed by atoms with Crippen molar-refractivity contribution in [3.8, 4) is 18.2 Å². The highest BCUT2D eigenvalue weighted by Crippen LogP contribution is 2.66. The van der Waals surface area contributed by atoms with Crippen molar-refractivity contribution in [3.63, 3.8) is 0 Å². The smallest absolute Gasteiger partial charge is 0.237 e. The van der Waals surface area contributed by atoms with Gasteiger partial charge in [0.2, 0.25) is 11.8 Å². The van der Waals surface area contributed by atoms with Gasteiger partial charge in [-0.3, -0.25) is 9.79 Å². The predicted molar refractivity (Wildman–Crippen MR) is 140 cm³/mol. The van der Waals surface area contributed by atoms with E-state index < -0.39 is 16.1 Å². The van der Waals surface area contributed by atoms with E-state index in [9.17, 15) is 4.79 Å². The Kier molecular flexibility index (Phi) is 5.45. The number of amidine groups is 1. The van der Waals surface area contributed by atoms with Crippen molar-refractivity contribution in [1.82, 2.24) is 20.3 Å². The standard InChI is InChI=1S/C26H24FN7O2S/c1-3-10-36-20-13-30-21-18(33-20)8-9-29-22(21)31-15-6-7-17(27)16(11-15)25(2)19-12-26(19,37-24(28)34-25)23(35)32-14-4-5-14/h1,6-9,11,13-14,19H,4-5,10,12H2,2H3,(H2,28,34)(H,29,31)(H,32,35)/t19-,25+,26-/m0/s1. The number of thioether (sulfide) groups is 1. The van der Waals surface area contributed by atoms with Gasteiger partial charge in [-0.05, 0) is 50.5 Å². The van der Waals surface area contributed by atoms with Crippen molar-refractivity contribution in [2.45, 2.75) is 42.5 Å². The van der Waals surface area contributed by atoms with Crippen molar-refractivity contribution in [3.05, 3.63) is 48.0 Å². The number of carbonyl (C=O) groups is 1. The molecule has 37 heavy (non-hydrogen) atoms. The van der Waals surface area contributed by atoms with Crippen molar-refractivity contribution < 1.29 is 13.9 Å². The van der Waals surface area contributed by atoms with Gasteiger partial charge in [-0.2, -0.15) is 0 Å². The van der Waals surface area contributed by atoms with Crippen LogP contribution >= 0.6 is 11.8 Å². The molecule has 3 heterocycles. The highest BCUT2D eigenvalue weighted by atomic mass is 32.2. The number of anilines is 2. The van der Waals surface area contributed by atoms with Gasteiger partial charge >= 0.3 is 0 Å². The molecule has 4 N–H and O–H groups in total. The average Bonchev–Trinajstić information content (AvgIpc) is 3.80. The number of benzene rings is 1. The zero-order valence-electron chi connectivity index (χ0n) is 20.0. The SMILES string of the molecule is C#CCOc1cnc2c(Nc3ccc(F)c([C@@]4(C)N=C(N)S[C@@]5(C(=O)NC6CC6)C[C@H]54)c3)nccc2n1. The molecule has 0 saturated heterocycles. The van der Waals surface area contributed by atoms with Crippen LogP contribution < -0.4 is 21.1 Å². The van der Waals surface area contributed by atoms with Gasteiger partial charge in [-0.1, -0.05) is 17.7 Å². The van der Waals surface area contributed by atoms with Crippen LogP contribution in [0, 0.1) is 24.1 Å². The Labute approximate surface area is 216 Å². The van der Waals surface area contributed by atoms with Crippen molar-refractivity contribution >= 4 is 45.4 Å². The molecule has 3 atom stereocenters. The third-order valence-corrected chi connectivity index (χ3v) is 8.33. The predicted octanol–water partition coefficient (Wildman–Crippen LogP) is 3.23. The summed E-state index contributed by atoms with van der Waals surface area (Å²) in [6.45, 7) is 1.93. The largest absolute Gasteiger partial charge is 0.463 e. The van der Waals surface area contributed by atoms with Gasteiger partial charge in [-0.15, -0.1) is 6.42 Å². The lowest BCUT2D eigenvalue weighted by Gasteiger charge is -2.34. The molecule has 1 aromatic carbocycles. The van der Waals surface area contributed by atoms with Crippen molar-refractivity contribution in [1.29, 1.82) is 0 Å². The van der Waals surface area contributed by atoms with E-state index in [-0.39, 0.29) is 29.6 Å². The highest BCUT2D eigenvalue weighted by Gasteiger charge is 2.70. The molecule has 0 spiro atoms. The zero-order valence-corrected chi connectivity index (χ0v) is 20.8. The minimum absolute atomic E-state index is 0.0344. The molecule has 9 nitrogen and oxygen atoms in total. The quantitative estimate of drug-likeness (QED) is 0.408. The summed E-state index contributed by atoms with van der Waals surface area (Å²) in [4.78, 5) is 31.0. The van der Waals surface area contributed by atoms with E-state index in [2.05, 4.69) is 36.5 Å². The molecule has 1 aliphatic heterocycles. The molecule has 2 aliphatic carbocycles. The lowest BCUT2D eigenvalue weighted by Crippen LogP contribution is -2.44. The zero-order chi connectivity index (χ0) is 25.8. The monoisotopic (exact) mass is 517 g/mol. The lowest BCUT2D eigenvalue weighted by molar-refractivity contribution is -0.121. The molecule has 2 saturated carbocycles. The van der Waals surface area contributed by atoms with Gasteiger partial charge in [0.25, 0.3) is 0 Å². The number of aliphatic imine (C=N–C) groups is 1. The second-order valence-corrected chi connectivity index (χ2v) is 11.0. The van der Waals surface area contributed by atoms with Crippen LogP contribution in [0.3, 0.4) is 0 Å². The number of ether oxygens (including phenoxy) is 1. The van der Waals surface area contributed by atoms with Gasteiger partial charge in [0, 0.05) is 29.4 Å². The Balaban J connectivity index is 1.31. The highest BCUT2D eigenvalue weighted by molar-refractivity contribution is 8.15. The fourth-order valence-corrected chi connectivity index (χ4v) is 6.32. The minimum Gasteiger partial charge on any atom is -0.463 e. The van der Waals surface area contributed by atoms with Crippen LogP contribution in [0.5, 0.6) is 5.88 Å². The van der Waals surface area contributed by atoms with E-state index in [1.807, 2.05) is 6.92 Å². The summed E-state index contributed by atoms with van der Waals surface area (Å²) in [6.07, 6.45) is 10.9. The Morgan fingerprint density at radius 3 is 2.97 bits per heavy atom. The fraction of sp³-hybridized carbons (Fsp3) is 0.346. The van der Waals surface area contributed by atoms with Crippen LogP contribution in [0.4, 0.5) is 15.9 Å². The number of nitrogens with zero attached hydrogens (tertiary/aromatic N) is 4. The van der Waals surface area contributed by atoms with Crippen LogP contribution in [-0.4, -0.2) is 43.4 Å². The van der Waals surface area contributed by atoms with E-state index in [1.54, 1.807) is 24.4 Å². The molecule has 3 aliphatic rings. The molecule has 2 fully saturated rings. The molecular formula is C26H24FN7O2S. The number of rotatable bonds is 7. The van der Waals surface area contributed by atoms with Crippen LogP contribution in [0.2, 0.25) is 0 Å². The first-order valence-corrected chi connectivity index (χ1v) is 12.7. The second-order valence-electron chi connectivity index (χ2n) is 9.64. The Hall–Kier alpha value is -3.91. The first-order valence-electron chi connectivity index (χ1n) is 11.9. The Morgan fingerprint density at radius 1 is 1.35 bits per heavy atom. The molecule has 0 radical (unpaired) electrons. The van der Waals surface area contributed by atoms with Crippen LogP contribution in [0.1, 0.15) is 31.7 Å². The molecule has 0 unspecified atom stereocenters. The molecule has 3 aromatic rings. The van der Waals surface area contributed by atoms with Gasteiger partial charge in [0.1, 0.15) is 16.1 Å². The van der Waals surface area contributed by atoms with Crippen molar-refractivity contribution in [2.75, 3.05) is 11.9 Å². The first-order chi connectivity index (χ1) is 17.8. The van der Waals surface area contributed by atoms with E-state index in [0.717, 1.165) is 12.8 Å². The average molecular weight is 518 g/mol. The third-order valence-electron chi connectivity index (χ3n) is 7.03. The minimum atomic E-state index is -0.993. The molecule has 1 amide bonds. The number of nitrogens with one attached hydrogen (secondary N) is 2. The maximum atomic E-state index is 15.3. The summed E-state index contributed by atoms with van der Waals surface area (Å²) >= 11 is 1.29. The van der Waals surface area contributed by atoms with E-state index in [1.165, 1.54) is 24.0 Å². The number of terminal acetylenes is 1. The number of fused-ring (bicyclic) bond motifs is 2. The fourth-order valence-electron chi connectivity index (χ4n) is 4.94. The number of nitrogens with two attached hydrogens (primary N) is 1. The molecule has 11 heteroatoms. The molecule has 6 rings (SSSR count). The molecule has 188 valence electrons. The number of hydrogen-bond donors (Lipinski definition) is 3. The number of halogens is 1. The first kappa shape index (κ1) is 23.5. The van der Waals surface area contributed by atoms with Crippen molar-refractivity contribution in [2.24, 2.45) is 16.6 Å². The summed E-state index contributed by atoms with van der Waals surface area (Å²) in [5, 5.41) is 6.60. The van der Waals surface area contributed by atoms with Crippen LogP contribution in [-0.2, 0) is 10.3 Å². The number of carbonyl (C=O) groups excluding carboxylic acids is 1. The van der Waals surface area contributed by atoms with E-state index in [4.69, 9.17) is 16.9 Å². The third kappa shape index (κ3) is 4.11. The maximum Gasteiger partial charge on any atom is 0.237 e. The Bertz CT molecular complexity index is 1500. The lowest BCUT2D eigenvalue weighted by atomic mass is 9.85. The normalized spacial score (nSPS) is 26.0. The van der Waals surface area contributed by atoms with Gasteiger partial charge in [0.05, 0.1) is 17.3 Å². The summed E-state index contributed by atoms with van der Waals surface area (Å²) in [6, 6.07) is 6.64. The van der Waals surface area contributed by atoms with Gasteiger partial charge in [-0.25, -0.2) is 19.3 Å². The van der Waals surface area contributed by atoms with E-state index in [0.29, 0.717) is 40.4 Å². The van der Waals surface area contributed by atoms with Crippen LogP contribution in [0.15, 0.2) is 41.7 Å². The topological polar surface area (TPSA) is 127 Å². The Morgan fingerprint density at radius 2 is 2.19 bits per heavy atom. The maximum absolute atomic E-state index is 15.3. The number of amides is 1. The second kappa shape index (κ2) is 8.59. The van der Waals surface area contributed by atoms with Crippen LogP contribution in [0.25, 0.3) is 11.0 Å². The summed E-state index contributed by atoms with van der Waals surface area (Å²) in [7, 11) is 0. The number of pyridine rings is 1. The molecular weight excluding hydrogens is 493 g/mol. The molecule has 2 aromatic heterocycles. The molecule has 0 bridgehead atoms. The number of hydrogen-bond acceptors (Lipinski definition) is 9. The summed E-state index contributed by atoms with van der Waals surface area (Å²) < 4.78 is 19.9. The number of aromatic nitrogens is 3. The summed E-state index contributed by atoms with van der Waals surface area (Å²) in [5.41, 5.74) is 7.24.